The summed E-state index contributed by atoms with van der Waals surface area (Å²) in [6.45, 7) is 8.06. The van der Waals surface area contributed by atoms with E-state index >= 15 is 0 Å². The maximum absolute atomic E-state index is 11.9. The van der Waals surface area contributed by atoms with Crippen molar-refractivity contribution in [2.24, 2.45) is 0 Å². The first-order chi connectivity index (χ1) is 10.9. The minimum atomic E-state index is -3.57. The van der Waals surface area contributed by atoms with Gasteiger partial charge in [0, 0.05) is 26.7 Å². The van der Waals surface area contributed by atoms with Gasteiger partial charge in [-0.2, -0.15) is 0 Å². The zero-order chi connectivity index (χ0) is 18.5. The van der Waals surface area contributed by atoms with Crippen LogP contribution in [0.3, 0.4) is 0 Å². The van der Waals surface area contributed by atoms with Crippen LogP contribution in [-0.4, -0.2) is 51.1 Å². The van der Waals surface area contributed by atoms with Gasteiger partial charge in [0.05, 0.1) is 6.54 Å². The predicted molar refractivity (Wildman–Crippen MR) is 90.1 cm³/mol. The fourth-order valence-corrected chi connectivity index (χ4v) is 2.56. The van der Waals surface area contributed by atoms with Crippen molar-refractivity contribution in [1.82, 2.24) is 14.9 Å². The third kappa shape index (κ3) is 6.50. The van der Waals surface area contributed by atoms with E-state index in [1.54, 1.807) is 26.8 Å². The summed E-state index contributed by atoms with van der Waals surface area (Å²) in [4.78, 5) is 11.6. The zero-order valence-corrected chi connectivity index (χ0v) is 15.9. The molecular weight excluding hydrogens is 334 g/mol. The topological polar surface area (TPSA) is 101 Å². The molecule has 9 heteroatoms. The number of alkyl carbamates (subject to hydrolysis) is 1. The predicted octanol–water partition coefficient (Wildman–Crippen LogP) is 1.53. The lowest BCUT2D eigenvalue weighted by molar-refractivity contribution is 0.0508. The van der Waals surface area contributed by atoms with Gasteiger partial charge in [-0.1, -0.05) is 0 Å². The Bertz CT molecular complexity index is 646. The molecule has 8 nitrogen and oxygen atoms in total. The molecule has 0 radical (unpaired) electrons. The number of hydrogen-bond acceptors (Lipinski definition) is 6. The van der Waals surface area contributed by atoms with Crippen LogP contribution in [-0.2, 0) is 21.3 Å². The van der Waals surface area contributed by atoms with E-state index in [2.05, 4.69) is 10.6 Å². The molecule has 24 heavy (non-hydrogen) atoms. The summed E-state index contributed by atoms with van der Waals surface area (Å²) in [5.74, 6) is 0.500. The average molecular weight is 361 g/mol. The molecule has 2 N–H and O–H groups in total. The molecule has 0 saturated carbocycles. The van der Waals surface area contributed by atoms with Gasteiger partial charge in [-0.05, 0) is 39.8 Å². The lowest BCUT2D eigenvalue weighted by Gasteiger charge is -2.22. The molecule has 0 saturated heterocycles. The zero-order valence-electron chi connectivity index (χ0n) is 15.0. The summed E-state index contributed by atoms with van der Waals surface area (Å²) in [7, 11) is -0.677. The monoisotopic (exact) mass is 361 g/mol. The summed E-state index contributed by atoms with van der Waals surface area (Å²) >= 11 is 0. The Morgan fingerprint density at radius 1 is 1.33 bits per heavy atom. The molecule has 0 bridgehead atoms. The minimum Gasteiger partial charge on any atom is -0.447 e. The number of carbonyl (C=O) groups is 1. The van der Waals surface area contributed by atoms with Crippen molar-refractivity contribution in [1.29, 1.82) is 0 Å². The van der Waals surface area contributed by atoms with Crippen molar-refractivity contribution >= 4 is 16.1 Å². The van der Waals surface area contributed by atoms with Crippen LogP contribution in [0.1, 0.15) is 33.5 Å². The second kappa shape index (κ2) is 8.00. The van der Waals surface area contributed by atoms with Crippen molar-refractivity contribution < 1.29 is 22.4 Å². The summed E-state index contributed by atoms with van der Waals surface area (Å²) in [6.07, 6.45) is -0.478. The number of furan rings is 1. The number of ether oxygens (including phenoxy) is 1. The summed E-state index contributed by atoms with van der Waals surface area (Å²) in [6, 6.07) is 2.88. The largest absolute Gasteiger partial charge is 0.447 e. The van der Waals surface area contributed by atoms with Crippen molar-refractivity contribution in [2.75, 3.05) is 20.6 Å². The first-order valence-electron chi connectivity index (χ1n) is 7.63. The molecule has 0 aliphatic heterocycles. The molecule has 138 valence electrons. The molecule has 0 aliphatic carbocycles. The second-order valence-electron chi connectivity index (χ2n) is 6.69. The number of carbonyl (C=O) groups excluding carboxylic acids is 1. The average Bonchev–Trinajstić information content (AvgIpc) is 2.85. The number of amides is 1. The van der Waals surface area contributed by atoms with Gasteiger partial charge in [0.2, 0.25) is 5.09 Å². The number of nitrogens with one attached hydrogen (secondary N) is 2. The molecule has 1 heterocycles. The van der Waals surface area contributed by atoms with Gasteiger partial charge in [0.1, 0.15) is 11.4 Å². The lowest BCUT2D eigenvalue weighted by Crippen LogP contribution is -2.42. The Morgan fingerprint density at radius 2 is 1.96 bits per heavy atom. The first-order valence-corrected chi connectivity index (χ1v) is 9.07. The Balaban J connectivity index is 2.43. The van der Waals surface area contributed by atoms with Crippen LogP contribution in [0.4, 0.5) is 4.79 Å². The van der Waals surface area contributed by atoms with E-state index in [4.69, 9.17) is 9.15 Å². The van der Waals surface area contributed by atoms with Crippen molar-refractivity contribution in [3.63, 3.8) is 0 Å². The molecule has 0 fully saturated rings. The molecule has 0 aromatic carbocycles. The summed E-state index contributed by atoms with van der Waals surface area (Å²) in [5.41, 5.74) is -0.542. The standard InChI is InChI=1S/C15H27N3O5S/c1-11(17-14(19)23-15(2,3)4)9-16-10-12-7-8-13(22-12)24(20,21)18(5)6/h7-8,11,16H,9-10H2,1-6H3,(H,17,19). The van der Waals surface area contributed by atoms with Gasteiger partial charge >= 0.3 is 6.09 Å². The molecule has 1 aromatic heterocycles. The SMILES string of the molecule is CC(CNCc1ccc(S(=O)(=O)N(C)C)o1)NC(=O)OC(C)(C)C. The Labute approximate surface area is 143 Å². The van der Waals surface area contributed by atoms with Gasteiger partial charge < -0.3 is 19.8 Å². The van der Waals surface area contributed by atoms with Crippen molar-refractivity contribution in [3.8, 4) is 0 Å². The number of rotatable bonds is 7. The first kappa shape index (κ1) is 20.5. The van der Waals surface area contributed by atoms with Gasteiger partial charge in [0.15, 0.2) is 0 Å². The minimum absolute atomic E-state index is 0.0933. The van der Waals surface area contributed by atoms with Crippen molar-refractivity contribution in [2.45, 2.75) is 51.0 Å². The maximum Gasteiger partial charge on any atom is 0.407 e. The van der Waals surface area contributed by atoms with E-state index in [-0.39, 0.29) is 11.1 Å². The van der Waals surface area contributed by atoms with Crippen LogP contribution >= 0.6 is 0 Å². The summed E-state index contributed by atoms with van der Waals surface area (Å²) in [5, 5.41) is 5.71. The quantitative estimate of drug-likeness (QED) is 0.764. The molecule has 1 amide bonds. The normalized spacial score (nSPS) is 13.8. The highest BCUT2D eigenvalue weighted by atomic mass is 32.2. The molecule has 1 atom stereocenters. The highest BCUT2D eigenvalue weighted by Gasteiger charge is 2.21. The highest BCUT2D eigenvalue weighted by Crippen LogP contribution is 2.16. The van der Waals surface area contributed by atoms with E-state index in [9.17, 15) is 13.2 Å². The van der Waals surface area contributed by atoms with Gasteiger partial charge in [-0.3, -0.25) is 0 Å². The molecular formula is C15H27N3O5S. The Hall–Kier alpha value is -1.58. The lowest BCUT2D eigenvalue weighted by atomic mass is 10.2. The highest BCUT2D eigenvalue weighted by molar-refractivity contribution is 7.88. The van der Waals surface area contributed by atoms with Crippen molar-refractivity contribution in [3.05, 3.63) is 17.9 Å². The molecule has 1 unspecified atom stereocenters. The van der Waals surface area contributed by atoms with Crippen LogP contribution in [0.5, 0.6) is 0 Å². The number of hydrogen-bond donors (Lipinski definition) is 2. The number of sulfonamides is 1. The van der Waals surface area contributed by atoms with E-state index in [0.29, 0.717) is 18.8 Å². The smallest absolute Gasteiger partial charge is 0.407 e. The molecule has 1 rings (SSSR count). The van der Waals surface area contributed by atoms with E-state index in [0.717, 1.165) is 4.31 Å². The van der Waals surface area contributed by atoms with Gasteiger partial charge in [0.25, 0.3) is 10.0 Å². The third-order valence-corrected chi connectivity index (χ3v) is 4.57. The number of nitrogens with zero attached hydrogens (tertiary/aromatic N) is 1. The second-order valence-corrected chi connectivity index (χ2v) is 8.77. The van der Waals surface area contributed by atoms with E-state index in [1.165, 1.54) is 20.2 Å². The fourth-order valence-electron chi connectivity index (χ4n) is 1.74. The maximum atomic E-state index is 11.9. The van der Waals surface area contributed by atoms with Gasteiger partial charge in [-0.25, -0.2) is 17.5 Å². The van der Waals surface area contributed by atoms with Crippen LogP contribution < -0.4 is 10.6 Å². The van der Waals surface area contributed by atoms with E-state index < -0.39 is 21.7 Å². The Morgan fingerprint density at radius 3 is 2.50 bits per heavy atom. The molecule has 0 spiro atoms. The van der Waals surface area contributed by atoms with E-state index in [1.807, 2.05) is 6.92 Å². The summed E-state index contributed by atoms with van der Waals surface area (Å²) < 4.78 is 35.4. The van der Waals surface area contributed by atoms with Crippen LogP contribution in [0.2, 0.25) is 0 Å². The van der Waals surface area contributed by atoms with Crippen LogP contribution in [0.15, 0.2) is 21.6 Å². The van der Waals surface area contributed by atoms with Gasteiger partial charge in [-0.15, -0.1) is 0 Å². The third-order valence-electron chi connectivity index (χ3n) is 2.88. The van der Waals surface area contributed by atoms with Crippen LogP contribution in [0, 0.1) is 0 Å². The fraction of sp³-hybridized carbons (Fsp3) is 0.667. The molecule has 0 aliphatic rings. The Kier molecular flexibility index (Phi) is 6.82. The van der Waals surface area contributed by atoms with Crippen LogP contribution in [0.25, 0.3) is 0 Å². The molecule has 1 aromatic rings.